The lowest BCUT2D eigenvalue weighted by atomic mass is 9.96. The Balaban J connectivity index is 1.38. The first-order valence-electron chi connectivity index (χ1n) is 13.3. The maximum absolute atomic E-state index is 6.08. The first kappa shape index (κ1) is 27.1. The average Bonchev–Trinajstić information content (AvgIpc) is 3.49. The van der Waals surface area contributed by atoms with E-state index in [0.717, 1.165) is 50.2 Å². The van der Waals surface area contributed by atoms with Gasteiger partial charge < -0.3 is 24.3 Å². The molecule has 8 heteroatoms. The summed E-state index contributed by atoms with van der Waals surface area (Å²) in [5.74, 6) is 2.27. The molecule has 6 nitrogen and oxygen atoms in total. The van der Waals surface area contributed by atoms with Gasteiger partial charge in [0.15, 0.2) is 5.11 Å². The lowest BCUT2D eigenvalue weighted by Gasteiger charge is -2.28. The lowest BCUT2D eigenvalue weighted by molar-refractivity contribution is 0.413. The van der Waals surface area contributed by atoms with E-state index in [0.29, 0.717) is 5.11 Å². The summed E-state index contributed by atoms with van der Waals surface area (Å²) in [6, 6.07) is 32.0. The van der Waals surface area contributed by atoms with Crippen molar-refractivity contribution in [2.45, 2.75) is 25.9 Å². The summed E-state index contributed by atoms with van der Waals surface area (Å²) < 4.78 is 14.7. The van der Waals surface area contributed by atoms with Crippen molar-refractivity contribution in [2.24, 2.45) is 0 Å². The van der Waals surface area contributed by atoms with Gasteiger partial charge in [-0.05, 0) is 123 Å². The molecule has 1 saturated heterocycles. The second-order valence-electron chi connectivity index (χ2n) is 9.91. The van der Waals surface area contributed by atoms with Crippen LogP contribution in [0.3, 0.4) is 0 Å². The van der Waals surface area contributed by atoms with Crippen molar-refractivity contribution in [3.8, 4) is 22.9 Å². The monoisotopic (exact) mass is 624 g/mol. The average molecular weight is 626 g/mol. The van der Waals surface area contributed by atoms with E-state index in [1.807, 2.05) is 54.7 Å². The molecule has 0 unspecified atom stereocenters. The molecule has 0 saturated carbocycles. The fourth-order valence-corrected chi connectivity index (χ4v) is 6.09. The lowest BCUT2D eigenvalue weighted by Crippen LogP contribution is -2.29. The number of hydrogen-bond donors (Lipinski definition) is 1. The van der Waals surface area contributed by atoms with Gasteiger partial charge in [-0.2, -0.15) is 0 Å². The van der Waals surface area contributed by atoms with Crippen LogP contribution in [0.4, 0.5) is 5.69 Å². The summed E-state index contributed by atoms with van der Waals surface area (Å²) in [5.41, 5.74) is 6.53. The van der Waals surface area contributed by atoms with Gasteiger partial charge in [0.05, 0.1) is 24.9 Å². The highest BCUT2D eigenvalue weighted by atomic mass is 79.9. The third-order valence-electron chi connectivity index (χ3n) is 7.38. The molecular formula is C33H29BrN4O2S. The normalized spacial score (nSPS) is 16.5. The summed E-state index contributed by atoms with van der Waals surface area (Å²) in [4.78, 5) is 6.90. The fraction of sp³-hybridized carbons (Fsp3) is 0.152. The van der Waals surface area contributed by atoms with Crippen LogP contribution in [0.1, 0.15) is 34.7 Å². The number of thiocarbonyl (C=S) groups is 1. The Morgan fingerprint density at radius 1 is 0.829 bits per heavy atom. The van der Waals surface area contributed by atoms with Crippen molar-refractivity contribution >= 4 is 38.9 Å². The molecule has 0 aliphatic carbocycles. The van der Waals surface area contributed by atoms with Crippen LogP contribution in [0.15, 0.2) is 108 Å². The number of methoxy groups -OCH3 is 1. The van der Waals surface area contributed by atoms with Gasteiger partial charge in [0.2, 0.25) is 0 Å². The van der Waals surface area contributed by atoms with Crippen molar-refractivity contribution in [2.75, 3.05) is 12.0 Å². The van der Waals surface area contributed by atoms with Crippen LogP contribution in [-0.2, 0) is 0 Å². The van der Waals surface area contributed by atoms with Crippen molar-refractivity contribution in [3.63, 3.8) is 0 Å². The van der Waals surface area contributed by atoms with Gasteiger partial charge in [-0.15, -0.1) is 0 Å². The van der Waals surface area contributed by atoms with Gasteiger partial charge in [-0.25, -0.2) is 0 Å². The molecule has 0 amide bonds. The third kappa shape index (κ3) is 5.33. The minimum atomic E-state index is -0.127. The molecule has 0 radical (unpaired) electrons. The van der Waals surface area contributed by atoms with Gasteiger partial charge >= 0.3 is 0 Å². The molecule has 3 heterocycles. The van der Waals surface area contributed by atoms with E-state index in [9.17, 15) is 0 Å². The maximum atomic E-state index is 6.08. The molecule has 206 valence electrons. The largest absolute Gasteiger partial charge is 0.497 e. The zero-order valence-corrected chi connectivity index (χ0v) is 25.3. The van der Waals surface area contributed by atoms with Crippen LogP contribution >= 0.6 is 28.1 Å². The number of nitrogens with one attached hydrogen (secondary N) is 1. The highest BCUT2D eigenvalue weighted by Gasteiger charge is 2.42. The predicted molar refractivity (Wildman–Crippen MR) is 170 cm³/mol. The van der Waals surface area contributed by atoms with Crippen molar-refractivity contribution < 1.29 is 9.47 Å². The second kappa shape index (κ2) is 11.4. The highest BCUT2D eigenvalue weighted by molar-refractivity contribution is 9.10. The van der Waals surface area contributed by atoms with Gasteiger partial charge in [0, 0.05) is 33.4 Å². The Morgan fingerprint density at radius 2 is 1.46 bits per heavy atom. The van der Waals surface area contributed by atoms with Gasteiger partial charge in [-0.1, -0.05) is 22.0 Å². The number of aryl methyl sites for hydroxylation is 1. The van der Waals surface area contributed by atoms with E-state index in [1.54, 1.807) is 7.11 Å². The van der Waals surface area contributed by atoms with E-state index < -0.39 is 0 Å². The molecule has 1 aliphatic rings. The minimum Gasteiger partial charge on any atom is -0.497 e. The van der Waals surface area contributed by atoms with Crippen LogP contribution in [0.25, 0.3) is 5.69 Å². The van der Waals surface area contributed by atoms with Gasteiger partial charge in [-0.3, -0.25) is 4.98 Å². The van der Waals surface area contributed by atoms with Crippen LogP contribution in [0.2, 0.25) is 0 Å². The topological polar surface area (TPSA) is 51.6 Å². The Morgan fingerprint density at radius 3 is 2.10 bits per heavy atom. The molecular weight excluding hydrogens is 596 g/mol. The molecule has 0 bridgehead atoms. The van der Waals surface area contributed by atoms with E-state index in [2.05, 4.69) is 93.1 Å². The van der Waals surface area contributed by atoms with E-state index in [-0.39, 0.29) is 12.1 Å². The molecule has 2 aromatic heterocycles. The summed E-state index contributed by atoms with van der Waals surface area (Å²) in [5, 5.41) is 4.23. The van der Waals surface area contributed by atoms with Gasteiger partial charge in [0.1, 0.15) is 17.2 Å². The predicted octanol–water partition coefficient (Wildman–Crippen LogP) is 8.23. The van der Waals surface area contributed by atoms with Crippen molar-refractivity contribution in [1.29, 1.82) is 0 Å². The highest BCUT2D eigenvalue weighted by Crippen LogP contribution is 2.44. The van der Waals surface area contributed by atoms with Gasteiger partial charge in [0.25, 0.3) is 0 Å². The third-order valence-corrected chi connectivity index (χ3v) is 8.23. The molecule has 3 aromatic carbocycles. The summed E-state index contributed by atoms with van der Waals surface area (Å²) in [6.45, 7) is 4.32. The number of halogens is 1. The molecule has 1 aliphatic heterocycles. The number of ether oxygens (including phenoxy) is 2. The molecule has 2 atom stereocenters. The van der Waals surface area contributed by atoms with E-state index in [1.165, 1.54) is 5.56 Å². The molecule has 5 aromatic rings. The number of anilines is 1. The van der Waals surface area contributed by atoms with E-state index in [4.69, 9.17) is 26.7 Å². The smallest absolute Gasteiger partial charge is 0.174 e. The molecule has 1 fully saturated rings. The molecule has 1 N–H and O–H groups in total. The zero-order valence-electron chi connectivity index (χ0n) is 22.9. The number of hydrogen-bond acceptors (Lipinski definition) is 4. The Labute approximate surface area is 253 Å². The number of nitrogens with zero attached hydrogens (tertiary/aromatic N) is 3. The SMILES string of the molecule is COc1ccc(Oc2ccc(N3C(=S)N[C@H](c4ccccn4)[C@H]3c3cc(C)n(-c4ccc(Br)cc4)c3C)cc2)cc1. The van der Waals surface area contributed by atoms with Crippen LogP contribution in [-0.4, -0.2) is 21.8 Å². The fourth-order valence-electron chi connectivity index (χ4n) is 5.48. The van der Waals surface area contributed by atoms with Crippen LogP contribution in [0.5, 0.6) is 17.2 Å². The number of benzene rings is 3. The number of aromatic nitrogens is 2. The Kier molecular flexibility index (Phi) is 7.51. The Hall–Kier alpha value is -4.14. The van der Waals surface area contributed by atoms with E-state index >= 15 is 0 Å². The molecule has 41 heavy (non-hydrogen) atoms. The first-order valence-corrected chi connectivity index (χ1v) is 14.5. The zero-order chi connectivity index (χ0) is 28.5. The standard InChI is InChI=1S/C33H29BrN4O2S/c1-21-20-29(22(2)37(21)24-9-7-23(34)8-10-24)32-31(30-6-4-5-19-35-30)36-33(41)38(32)25-11-13-27(14-12-25)40-28-17-15-26(39-3)16-18-28/h4-20,31-32H,1-3H3,(H,36,41)/t31-,32-/m1/s1. The minimum absolute atomic E-state index is 0.110. The molecule has 6 rings (SSSR count). The number of rotatable bonds is 7. The van der Waals surface area contributed by atoms with Crippen molar-refractivity contribution in [3.05, 3.63) is 130 Å². The quantitative estimate of drug-likeness (QED) is 0.184. The summed E-state index contributed by atoms with van der Waals surface area (Å²) >= 11 is 9.52. The van der Waals surface area contributed by atoms with Crippen LogP contribution in [0, 0.1) is 13.8 Å². The summed E-state index contributed by atoms with van der Waals surface area (Å²) in [7, 11) is 1.65. The van der Waals surface area contributed by atoms with Crippen LogP contribution < -0.4 is 19.7 Å². The van der Waals surface area contributed by atoms with Crippen molar-refractivity contribution in [1.82, 2.24) is 14.9 Å². The second-order valence-corrected chi connectivity index (χ2v) is 11.2. The number of pyridine rings is 1. The summed E-state index contributed by atoms with van der Waals surface area (Å²) in [6.07, 6.45) is 1.83. The Bertz CT molecular complexity index is 1670. The maximum Gasteiger partial charge on any atom is 0.174 e. The molecule has 0 spiro atoms. The first-order chi connectivity index (χ1) is 19.9.